The van der Waals surface area contributed by atoms with Gasteiger partial charge in [0.25, 0.3) is 5.91 Å². The van der Waals surface area contributed by atoms with Crippen LogP contribution in [0, 0.1) is 0 Å². The van der Waals surface area contributed by atoms with Gasteiger partial charge in [-0.25, -0.2) is 13.9 Å². The molecular formula is C19H22N2O5S. The number of hydroxylamine groups is 1. The molecule has 144 valence electrons. The van der Waals surface area contributed by atoms with Gasteiger partial charge in [-0.2, -0.15) is 4.31 Å². The minimum absolute atomic E-state index is 0.0838. The lowest BCUT2D eigenvalue weighted by Crippen LogP contribution is -2.48. The summed E-state index contributed by atoms with van der Waals surface area (Å²) in [5.41, 5.74) is 1.59. The third-order valence-electron chi connectivity index (χ3n) is 4.53. The van der Waals surface area contributed by atoms with E-state index in [0.717, 1.165) is 12.8 Å². The lowest BCUT2D eigenvalue weighted by molar-refractivity contribution is -0.133. The Bertz CT molecular complexity index is 869. The molecule has 27 heavy (non-hydrogen) atoms. The van der Waals surface area contributed by atoms with Crippen molar-refractivity contribution in [2.75, 3.05) is 6.54 Å². The number of nitrogens with one attached hydrogen (secondary N) is 1. The monoisotopic (exact) mass is 390 g/mol. The van der Waals surface area contributed by atoms with Crippen molar-refractivity contribution in [2.45, 2.75) is 36.6 Å². The highest BCUT2D eigenvalue weighted by molar-refractivity contribution is 7.89. The molecule has 0 bridgehead atoms. The molecule has 1 amide bonds. The van der Waals surface area contributed by atoms with E-state index < -0.39 is 22.0 Å². The Morgan fingerprint density at radius 2 is 1.67 bits per heavy atom. The van der Waals surface area contributed by atoms with Crippen molar-refractivity contribution in [3.63, 3.8) is 0 Å². The summed E-state index contributed by atoms with van der Waals surface area (Å²) in [5.74, 6) is 0.463. The van der Waals surface area contributed by atoms with Crippen LogP contribution >= 0.6 is 0 Å². The Labute approximate surface area is 158 Å². The first-order valence-electron chi connectivity index (χ1n) is 8.81. The van der Waals surface area contributed by atoms with E-state index in [9.17, 15) is 13.2 Å². The minimum atomic E-state index is -3.87. The SMILES string of the molecule is O=C(NO)C1CCCCCN1S(=O)(=O)c1ccc(Oc2ccccc2)cc1. The molecule has 1 fully saturated rings. The van der Waals surface area contributed by atoms with Crippen LogP contribution in [0.3, 0.4) is 0 Å². The number of para-hydroxylation sites is 1. The number of carbonyl (C=O) groups excluding carboxylic acids is 1. The topological polar surface area (TPSA) is 95.9 Å². The summed E-state index contributed by atoms with van der Waals surface area (Å²) in [6, 6.07) is 14.4. The smallest absolute Gasteiger partial charge is 0.261 e. The maximum Gasteiger partial charge on any atom is 0.261 e. The number of carbonyl (C=O) groups is 1. The predicted molar refractivity (Wildman–Crippen MR) is 99.0 cm³/mol. The maximum atomic E-state index is 13.1. The molecule has 1 aliphatic rings. The molecule has 1 saturated heterocycles. The van der Waals surface area contributed by atoms with E-state index in [-0.39, 0.29) is 11.4 Å². The number of amides is 1. The quantitative estimate of drug-likeness (QED) is 0.604. The Morgan fingerprint density at radius 3 is 2.33 bits per heavy atom. The summed E-state index contributed by atoms with van der Waals surface area (Å²) in [6.07, 6.45) is 2.61. The van der Waals surface area contributed by atoms with Crippen LogP contribution in [0.2, 0.25) is 0 Å². The number of benzene rings is 2. The first-order valence-corrected chi connectivity index (χ1v) is 10.2. The summed E-state index contributed by atoms with van der Waals surface area (Å²) in [5, 5.41) is 8.97. The van der Waals surface area contributed by atoms with Crippen molar-refractivity contribution in [3.05, 3.63) is 54.6 Å². The first kappa shape index (κ1) is 19.3. The molecule has 1 heterocycles. The van der Waals surface area contributed by atoms with Gasteiger partial charge in [-0.15, -0.1) is 0 Å². The predicted octanol–water partition coefficient (Wildman–Crippen LogP) is 2.92. The third-order valence-corrected chi connectivity index (χ3v) is 6.45. The van der Waals surface area contributed by atoms with Crippen LogP contribution in [-0.4, -0.2) is 36.4 Å². The third kappa shape index (κ3) is 4.47. The average Bonchev–Trinajstić information content (AvgIpc) is 2.95. The molecule has 0 spiro atoms. The van der Waals surface area contributed by atoms with Gasteiger partial charge in [0.2, 0.25) is 10.0 Å². The van der Waals surface area contributed by atoms with Crippen LogP contribution in [0.1, 0.15) is 25.7 Å². The second kappa shape index (κ2) is 8.51. The van der Waals surface area contributed by atoms with E-state index in [4.69, 9.17) is 9.94 Å². The summed E-state index contributed by atoms with van der Waals surface area (Å²) >= 11 is 0. The Morgan fingerprint density at radius 1 is 1.00 bits per heavy atom. The minimum Gasteiger partial charge on any atom is -0.457 e. The van der Waals surface area contributed by atoms with Crippen molar-refractivity contribution in [1.29, 1.82) is 0 Å². The van der Waals surface area contributed by atoms with Crippen molar-refractivity contribution in [3.8, 4) is 11.5 Å². The van der Waals surface area contributed by atoms with Crippen LogP contribution in [0.25, 0.3) is 0 Å². The van der Waals surface area contributed by atoms with Gasteiger partial charge < -0.3 is 4.74 Å². The molecule has 7 nitrogen and oxygen atoms in total. The van der Waals surface area contributed by atoms with Gasteiger partial charge in [0.1, 0.15) is 17.5 Å². The maximum absolute atomic E-state index is 13.1. The molecule has 0 aliphatic carbocycles. The zero-order valence-electron chi connectivity index (χ0n) is 14.7. The normalized spacial score (nSPS) is 18.5. The van der Waals surface area contributed by atoms with Crippen molar-refractivity contribution in [2.24, 2.45) is 0 Å². The highest BCUT2D eigenvalue weighted by Gasteiger charge is 2.36. The Hall–Kier alpha value is -2.42. The van der Waals surface area contributed by atoms with Crippen molar-refractivity contribution >= 4 is 15.9 Å². The van der Waals surface area contributed by atoms with E-state index in [1.165, 1.54) is 16.4 Å². The molecule has 1 atom stereocenters. The highest BCUT2D eigenvalue weighted by atomic mass is 32.2. The number of hydrogen-bond acceptors (Lipinski definition) is 5. The molecule has 0 saturated carbocycles. The van der Waals surface area contributed by atoms with Crippen molar-refractivity contribution < 1.29 is 23.2 Å². The Kier molecular flexibility index (Phi) is 6.10. The van der Waals surface area contributed by atoms with Crippen LogP contribution in [0.15, 0.2) is 59.5 Å². The molecule has 0 aromatic heterocycles. The van der Waals surface area contributed by atoms with E-state index in [0.29, 0.717) is 24.3 Å². The van der Waals surface area contributed by atoms with Gasteiger partial charge in [0, 0.05) is 6.54 Å². The largest absolute Gasteiger partial charge is 0.457 e. The van der Waals surface area contributed by atoms with Gasteiger partial charge in [-0.05, 0) is 49.2 Å². The number of ether oxygens (including phenoxy) is 1. The molecule has 1 unspecified atom stereocenters. The zero-order chi connectivity index (χ0) is 19.3. The van der Waals surface area contributed by atoms with Gasteiger partial charge in [-0.1, -0.05) is 31.0 Å². The lowest BCUT2D eigenvalue weighted by Gasteiger charge is -2.27. The first-order chi connectivity index (χ1) is 13.0. The highest BCUT2D eigenvalue weighted by Crippen LogP contribution is 2.27. The van der Waals surface area contributed by atoms with Crippen LogP contribution in [0.5, 0.6) is 11.5 Å². The average molecular weight is 390 g/mol. The molecule has 2 N–H and O–H groups in total. The van der Waals surface area contributed by atoms with Crippen molar-refractivity contribution in [1.82, 2.24) is 9.79 Å². The molecule has 2 aromatic carbocycles. The lowest BCUT2D eigenvalue weighted by atomic mass is 10.1. The van der Waals surface area contributed by atoms with E-state index in [1.54, 1.807) is 29.7 Å². The number of hydrogen-bond donors (Lipinski definition) is 2. The van der Waals surface area contributed by atoms with Gasteiger partial charge in [0.05, 0.1) is 4.90 Å². The fraction of sp³-hybridized carbons (Fsp3) is 0.316. The summed E-state index contributed by atoms with van der Waals surface area (Å²) in [6.45, 7) is 0.239. The summed E-state index contributed by atoms with van der Waals surface area (Å²) < 4.78 is 33.0. The van der Waals surface area contributed by atoms with Gasteiger partial charge >= 0.3 is 0 Å². The fourth-order valence-electron chi connectivity index (χ4n) is 3.15. The molecule has 8 heteroatoms. The molecule has 3 rings (SSSR count). The van der Waals surface area contributed by atoms with Crippen LogP contribution < -0.4 is 10.2 Å². The molecule has 0 radical (unpaired) electrons. The van der Waals surface area contributed by atoms with E-state index in [1.807, 2.05) is 18.2 Å². The molecule has 2 aromatic rings. The zero-order valence-corrected chi connectivity index (χ0v) is 15.6. The second-order valence-corrected chi connectivity index (χ2v) is 8.23. The van der Waals surface area contributed by atoms with E-state index >= 15 is 0 Å². The summed E-state index contributed by atoms with van der Waals surface area (Å²) in [7, 11) is -3.87. The Balaban J connectivity index is 1.83. The molecule has 1 aliphatic heterocycles. The van der Waals surface area contributed by atoms with E-state index in [2.05, 4.69) is 0 Å². The summed E-state index contributed by atoms with van der Waals surface area (Å²) in [4.78, 5) is 12.1. The van der Waals surface area contributed by atoms with Gasteiger partial charge in [-0.3, -0.25) is 10.0 Å². The number of rotatable bonds is 5. The van der Waals surface area contributed by atoms with Gasteiger partial charge in [0.15, 0.2) is 0 Å². The fourth-order valence-corrected chi connectivity index (χ4v) is 4.80. The van der Waals surface area contributed by atoms with Crippen LogP contribution in [0.4, 0.5) is 0 Å². The van der Waals surface area contributed by atoms with Crippen LogP contribution in [-0.2, 0) is 14.8 Å². The second-order valence-electron chi connectivity index (χ2n) is 6.34. The number of nitrogens with zero attached hydrogens (tertiary/aromatic N) is 1. The number of sulfonamides is 1. The molecular weight excluding hydrogens is 368 g/mol. The standard InChI is InChI=1S/C19H22N2O5S/c22-19(20-23)18-9-5-2-6-14-21(18)27(24,25)17-12-10-16(11-13-17)26-15-7-3-1-4-8-15/h1,3-4,7-8,10-13,18,23H,2,5-6,9,14H2,(H,20,22).